The van der Waals surface area contributed by atoms with Gasteiger partial charge in [-0.3, -0.25) is 4.79 Å². The predicted molar refractivity (Wildman–Crippen MR) is 86.5 cm³/mol. The molecule has 3 rings (SSSR count). The first kappa shape index (κ1) is 14.5. The highest BCUT2D eigenvalue weighted by atomic mass is 32.1. The molecule has 0 spiro atoms. The highest BCUT2D eigenvalue weighted by Crippen LogP contribution is 2.10. The molecule has 0 saturated heterocycles. The molecule has 0 aliphatic rings. The largest absolute Gasteiger partial charge is 0.352 e. The minimum absolute atomic E-state index is 0.0656. The van der Waals surface area contributed by atoms with Crippen LogP contribution in [0.25, 0.3) is 5.69 Å². The van der Waals surface area contributed by atoms with E-state index in [4.69, 9.17) is 0 Å². The molecule has 1 N–H and O–H groups in total. The number of aryl methyl sites for hydroxylation is 1. The van der Waals surface area contributed by atoms with E-state index in [9.17, 15) is 4.79 Å². The maximum absolute atomic E-state index is 12.1. The lowest BCUT2D eigenvalue weighted by molar-refractivity contribution is 0.0954. The van der Waals surface area contributed by atoms with E-state index in [0.29, 0.717) is 12.1 Å². The quantitative estimate of drug-likeness (QED) is 0.788. The molecule has 0 aliphatic heterocycles. The molecule has 0 unspecified atom stereocenters. The Kier molecular flexibility index (Phi) is 4.29. The number of rotatable bonds is 5. The molecule has 22 heavy (non-hydrogen) atoms. The van der Waals surface area contributed by atoms with Crippen molar-refractivity contribution in [3.8, 4) is 5.69 Å². The second-order valence-corrected chi connectivity index (χ2v) is 5.94. The molecular formula is C16H16N4OS. The highest BCUT2D eigenvalue weighted by Gasteiger charge is 2.06. The molecule has 0 fully saturated rings. The van der Waals surface area contributed by atoms with Crippen molar-refractivity contribution >= 4 is 17.2 Å². The second-order valence-electron chi connectivity index (χ2n) is 4.88. The number of aromatic nitrogens is 3. The predicted octanol–water partition coefficient (Wildman–Crippen LogP) is 2.61. The van der Waals surface area contributed by atoms with E-state index in [-0.39, 0.29) is 5.91 Å². The number of hydrogen-bond donors (Lipinski definition) is 1. The van der Waals surface area contributed by atoms with Crippen LogP contribution in [0, 0.1) is 6.92 Å². The minimum atomic E-state index is -0.0656. The van der Waals surface area contributed by atoms with Gasteiger partial charge in [0.05, 0.1) is 17.0 Å². The van der Waals surface area contributed by atoms with E-state index in [0.717, 1.165) is 22.8 Å². The zero-order valence-corrected chi connectivity index (χ0v) is 13.0. The molecule has 1 amide bonds. The van der Waals surface area contributed by atoms with Gasteiger partial charge in [0.2, 0.25) is 0 Å². The van der Waals surface area contributed by atoms with E-state index in [1.807, 2.05) is 47.3 Å². The molecule has 0 saturated carbocycles. The number of nitrogens with zero attached hydrogens (tertiary/aromatic N) is 3. The molecule has 0 atom stereocenters. The van der Waals surface area contributed by atoms with Crippen molar-refractivity contribution in [2.24, 2.45) is 0 Å². The first-order chi connectivity index (χ1) is 10.7. The lowest BCUT2D eigenvalue weighted by Gasteiger charge is -2.06. The number of carbonyl (C=O) groups is 1. The summed E-state index contributed by atoms with van der Waals surface area (Å²) in [5.41, 5.74) is 2.66. The van der Waals surface area contributed by atoms with E-state index in [1.165, 1.54) is 0 Å². The number of imidazole rings is 1. The summed E-state index contributed by atoms with van der Waals surface area (Å²) in [6, 6.07) is 7.44. The van der Waals surface area contributed by atoms with Crippen molar-refractivity contribution in [1.29, 1.82) is 0 Å². The van der Waals surface area contributed by atoms with Crippen molar-refractivity contribution in [1.82, 2.24) is 19.9 Å². The monoisotopic (exact) mass is 312 g/mol. The van der Waals surface area contributed by atoms with Gasteiger partial charge in [-0.1, -0.05) is 0 Å². The average molecular weight is 312 g/mol. The van der Waals surface area contributed by atoms with Crippen LogP contribution in [0.5, 0.6) is 0 Å². The Hall–Kier alpha value is -2.47. The van der Waals surface area contributed by atoms with Crippen LogP contribution in [-0.4, -0.2) is 27.0 Å². The summed E-state index contributed by atoms with van der Waals surface area (Å²) in [6.07, 6.45) is 6.07. The van der Waals surface area contributed by atoms with Crippen molar-refractivity contribution in [3.05, 3.63) is 64.6 Å². The van der Waals surface area contributed by atoms with Gasteiger partial charge < -0.3 is 9.88 Å². The molecule has 2 aromatic heterocycles. The molecule has 1 aromatic carbocycles. The fourth-order valence-electron chi connectivity index (χ4n) is 2.13. The molecular weight excluding hydrogens is 296 g/mol. The van der Waals surface area contributed by atoms with Crippen LogP contribution in [-0.2, 0) is 6.42 Å². The van der Waals surface area contributed by atoms with Crippen LogP contribution in [0.3, 0.4) is 0 Å². The molecule has 0 bridgehead atoms. The SMILES string of the molecule is Cc1nc(CCNC(=O)c2ccc(-n3ccnc3)cc2)cs1. The topological polar surface area (TPSA) is 59.8 Å². The maximum atomic E-state index is 12.1. The first-order valence-electron chi connectivity index (χ1n) is 7.00. The number of nitrogens with one attached hydrogen (secondary N) is 1. The molecule has 0 aliphatic carbocycles. The lowest BCUT2D eigenvalue weighted by Crippen LogP contribution is -2.25. The van der Waals surface area contributed by atoms with Crippen LogP contribution in [0.4, 0.5) is 0 Å². The Labute approximate surface area is 132 Å². The molecule has 2 heterocycles. The number of carbonyl (C=O) groups excluding carboxylic acids is 1. The van der Waals surface area contributed by atoms with Gasteiger partial charge in [0.15, 0.2) is 0 Å². The fourth-order valence-corrected chi connectivity index (χ4v) is 2.77. The van der Waals surface area contributed by atoms with Crippen molar-refractivity contribution in [2.75, 3.05) is 6.54 Å². The zero-order chi connectivity index (χ0) is 15.4. The maximum Gasteiger partial charge on any atom is 0.251 e. The second kappa shape index (κ2) is 6.53. The Balaban J connectivity index is 1.56. The van der Waals surface area contributed by atoms with E-state index in [1.54, 1.807) is 23.9 Å². The smallest absolute Gasteiger partial charge is 0.251 e. The summed E-state index contributed by atoms with van der Waals surface area (Å²) in [6.45, 7) is 2.57. The van der Waals surface area contributed by atoms with Crippen molar-refractivity contribution in [2.45, 2.75) is 13.3 Å². The number of amides is 1. The third-order valence-electron chi connectivity index (χ3n) is 3.27. The van der Waals surface area contributed by atoms with Gasteiger partial charge >= 0.3 is 0 Å². The minimum Gasteiger partial charge on any atom is -0.352 e. The Morgan fingerprint density at radius 1 is 1.32 bits per heavy atom. The highest BCUT2D eigenvalue weighted by molar-refractivity contribution is 7.09. The zero-order valence-electron chi connectivity index (χ0n) is 12.2. The summed E-state index contributed by atoms with van der Waals surface area (Å²) in [5, 5.41) is 6.00. The first-order valence-corrected chi connectivity index (χ1v) is 7.88. The average Bonchev–Trinajstić information content (AvgIpc) is 3.19. The summed E-state index contributed by atoms with van der Waals surface area (Å²) in [5.74, 6) is -0.0656. The molecule has 5 nitrogen and oxygen atoms in total. The normalized spacial score (nSPS) is 10.6. The van der Waals surface area contributed by atoms with Gasteiger partial charge in [-0.15, -0.1) is 11.3 Å². The van der Waals surface area contributed by atoms with Crippen LogP contribution in [0.1, 0.15) is 21.1 Å². The number of thiazole rings is 1. The van der Waals surface area contributed by atoms with Gasteiger partial charge in [0.25, 0.3) is 5.91 Å². The number of hydrogen-bond acceptors (Lipinski definition) is 4. The van der Waals surface area contributed by atoms with Crippen LogP contribution in [0.15, 0.2) is 48.4 Å². The van der Waals surface area contributed by atoms with Gasteiger partial charge in [-0.2, -0.15) is 0 Å². The Bertz CT molecular complexity index is 747. The van der Waals surface area contributed by atoms with Gasteiger partial charge in [-0.05, 0) is 31.2 Å². The van der Waals surface area contributed by atoms with Crippen molar-refractivity contribution in [3.63, 3.8) is 0 Å². The third-order valence-corrected chi connectivity index (χ3v) is 4.09. The Morgan fingerprint density at radius 3 is 2.77 bits per heavy atom. The summed E-state index contributed by atoms with van der Waals surface area (Å²) in [4.78, 5) is 20.5. The summed E-state index contributed by atoms with van der Waals surface area (Å²) >= 11 is 1.63. The molecule has 3 aromatic rings. The lowest BCUT2D eigenvalue weighted by atomic mass is 10.2. The van der Waals surface area contributed by atoms with E-state index < -0.39 is 0 Å². The van der Waals surface area contributed by atoms with Gasteiger partial charge in [0, 0.05) is 42.0 Å². The molecule has 0 radical (unpaired) electrons. The summed E-state index contributed by atoms with van der Waals surface area (Å²) in [7, 11) is 0. The van der Waals surface area contributed by atoms with Crippen LogP contribution >= 0.6 is 11.3 Å². The number of benzene rings is 1. The van der Waals surface area contributed by atoms with Gasteiger partial charge in [-0.25, -0.2) is 9.97 Å². The Morgan fingerprint density at radius 2 is 2.14 bits per heavy atom. The van der Waals surface area contributed by atoms with Crippen molar-refractivity contribution < 1.29 is 4.79 Å². The molecule has 112 valence electrons. The van der Waals surface area contributed by atoms with E-state index in [2.05, 4.69) is 15.3 Å². The van der Waals surface area contributed by atoms with Crippen LogP contribution < -0.4 is 5.32 Å². The molecule has 6 heteroatoms. The standard InChI is InChI=1S/C16H16N4OS/c1-12-19-14(10-22-12)6-7-18-16(21)13-2-4-15(5-3-13)20-9-8-17-11-20/h2-5,8-11H,6-7H2,1H3,(H,18,21). The van der Waals surface area contributed by atoms with E-state index >= 15 is 0 Å². The van der Waals surface area contributed by atoms with Crippen LogP contribution in [0.2, 0.25) is 0 Å². The fraction of sp³-hybridized carbons (Fsp3) is 0.188. The third kappa shape index (κ3) is 3.40. The summed E-state index contributed by atoms with van der Waals surface area (Å²) < 4.78 is 1.90. The van der Waals surface area contributed by atoms with Gasteiger partial charge in [0.1, 0.15) is 0 Å².